The van der Waals surface area contributed by atoms with Crippen LogP contribution in [0.2, 0.25) is 15.1 Å². The molecule has 0 radical (unpaired) electrons. The number of ketones is 1. The van der Waals surface area contributed by atoms with E-state index in [4.69, 9.17) is 34.8 Å². The van der Waals surface area contributed by atoms with E-state index in [1.807, 2.05) is 23.6 Å². The fourth-order valence-electron chi connectivity index (χ4n) is 5.03. The molecule has 2 aliphatic rings. The maximum atomic E-state index is 13.8. The van der Waals surface area contributed by atoms with Gasteiger partial charge in [0.05, 0.1) is 16.3 Å². The Kier molecular flexibility index (Phi) is 5.65. The SMILES string of the molecule is O=C1CC(c2cccs2)CC2=C1C(c1ccc(Cl)cc1)c1c([nH]n(-c3cc(Cl)ccc3Cl)c1=O)N2. The summed E-state index contributed by atoms with van der Waals surface area (Å²) in [6.45, 7) is 0. The lowest BCUT2D eigenvalue weighted by Crippen LogP contribution is -2.31. The van der Waals surface area contributed by atoms with Crippen LogP contribution in [0, 0.1) is 0 Å². The van der Waals surface area contributed by atoms with Gasteiger partial charge in [-0.1, -0.05) is 53.0 Å². The van der Waals surface area contributed by atoms with E-state index in [9.17, 15) is 9.59 Å². The lowest BCUT2D eigenvalue weighted by Gasteiger charge is -2.34. The fourth-order valence-corrected chi connectivity index (χ4v) is 6.36. The quantitative estimate of drug-likeness (QED) is 0.289. The Bertz CT molecular complexity index is 1550. The molecule has 2 unspecified atom stereocenters. The first-order valence-electron chi connectivity index (χ1n) is 11.0. The molecule has 0 saturated carbocycles. The predicted octanol–water partition coefficient (Wildman–Crippen LogP) is 7.15. The van der Waals surface area contributed by atoms with Gasteiger partial charge in [0.2, 0.25) is 0 Å². The van der Waals surface area contributed by atoms with Gasteiger partial charge in [0.25, 0.3) is 5.56 Å². The van der Waals surface area contributed by atoms with Crippen molar-refractivity contribution in [3.8, 4) is 5.69 Å². The Balaban J connectivity index is 1.54. The van der Waals surface area contributed by atoms with E-state index in [-0.39, 0.29) is 17.3 Å². The summed E-state index contributed by atoms with van der Waals surface area (Å²) in [7, 11) is 0. The van der Waals surface area contributed by atoms with Gasteiger partial charge in [-0.15, -0.1) is 11.3 Å². The third-order valence-corrected chi connectivity index (χ3v) is 8.43. The van der Waals surface area contributed by atoms with Crippen molar-refractivity contribution < 1.29 is 4.79 Å². The fraction of sp³-hybridized carbons (Fsp3) is 0.154. The summed E-state index contributed by atoms with van der Waals surface area (Å²) in [5.41, 5.74) is 2.90. The maximum absolute atomic E-state index is 13.8. The smallest absolute Gasteiger partial charge is 0.277 e. The van der Waals surface area contributed by atoms with Crippen LogP contribution in [0.25, 0.3) is 5.69 Å². The number of hydrogen-bond acceptors (Lipinski definition) is 4. The molecule has 35 heavy (non-hydrogen) atoms. The molecule has 176 valence electrons. The highest BCUT2D eigenvalue weighted by molar-refractivity contribution is 7.10. The number of carbonyl (C=O) groups is 1. The molecule has 2 aromatic heterocycles. The average molecular weight is 543 g/mol. The number of anilines is 1. The van der Waals surface area contributed by atoms with Crippen molar-refractivity contribution in [2.75, 3.05) is 5.32 Å². The van der Waals surface area contributed by atoms with Crippen LogP contribution in [0.3, 0.4) is 0 Å². The number of nitrogens with zero attached hydrogens (tertiary/aromatic N) is 1. The van der Waals surface area contributed by atoms with Crippen LogP contribution in [0.5, 0.6) is 0 Å². The molecule has 3 heterocycles. The maximum Gasteiger partial charge on any atom is 0.277 e. The van der Waals surface area contributed by atoms with Crippen LogP contribution in [0.1, 0.15) is 40.7 Å². The summed E-state index contributed by atoms with van der Waals surface area (Å²) < 4.78 is 1.38. The largest absolute Gasteiger partial charge is 0.343 e. The Morgan fingerprint density at radius 2 is 1.71 bits per heavy atom. The van der Waals surface area contributed by atoms with Crippen molar-refractivity contribution >= 4 is 57.7 Å². The molecule has 2 N–H and O–H groups in total. The van der Waals surface area contributed by atoms with Crippen molar-refractivity contribution in [2.24, 2.45) is 0 Å². The molecule has 0 spiro atoms. The number of nitrogens with one attached hydrogen (secondary N) is 2. The molecule has 0 amide bonds. The second-order valence-electron chi connectivity index (χ2n) is 8.68. The van der Waals surface area contributed by atoms with Crippen molar-refractivity contribution in [2.45, 2.75) is 24.7 Å². The van der Waals surface area contributed by atoms with E-state index in [1.54, 1.807) is 41.7 Å². The van der Waals surface area contributed by atoms with Crippen LogP contribution in [0.15, 0.2) is 76.0 Å². The second kappa shape index (κ2) is 8.71. The first kappa shape index (κ1) is 22.7. The first-order chi connectivity index (χ1) is 16.9. The van der Waals surface area contributed by atoms with E-state index < -0.39 is 5.92 Å². The highest BCUT2D eigenvalue weighted by atomic mass is 35.5. The summed E-state index contributed by atoms with van der Waals surface area (Å²) in [4.78, 5) is 28.6. The molecule has 0 bridgehead atoms. The zero-order chi connectivity index (χ0) is 24.3. The van der Waals surface area contributed by atoms with Crippen LogP contribution in [-0.4, -0.2) is 15.6 Å². The van der Waals surface area contributed by atoms with Gasteiger partial charge in [-0.3, -0.25) is 14.7 Å². The Morgan fingerprint density at radius 3 is 2.46 bits per heavy atom. The molecule has 5 nitrogen and oxygen atoms in total. The minimum Gasteiger partial charge on any atom is -0.343 e. The first-order valence-corrected chi connectivity index (χ1v) is 13.0. The Morgan fingerprint density at radius 1 is 0.943 bits per heavy atom. The van der Waals surface area contributed by atoms with E-state index in [1.165, 1.54) is 9.56 Å². The topological polar surface area (TPSA) is 66.9 Å². The van der Waals surface area contributed by atoms with E-state index in [0.717, 1.165) is 11.3 Å². The molecular weight excluding hydrogens is 525 g/mol. The Labute approximate surface area is 219 Å². The summed E-state index contributed by atoms with van der Waals surface area (Å²) >= 11 is 20.4. The van der Waals surface area contributed by atoms with Gasteiger partial charge in [-0.2, -0.15) is 0 Å². The van der Waals surface area contributed by atoms with Gasteiger partial charge in [-0.25, -0.2) is 4.68 Å². The molecule has 1 aliphatic heterocycles. The molecule has 0 saturated heterocycles. The number of aromatic nitrogens is 2. The highest BCUT2D eigenvalue weighted by Gasteiger charge is 2.41. The Hall–Kier alpha value is -2.77. The summed E-state index contributed by atoms with van der Waals surface area (Å²) in [5, 5.41) is 10.0. The number of halogens is 3. The normalized spacial score (nSPS) is 19.3. The van der Waals surface area contributed by atoms with Gasteiger partial charge < -0.3 is 5.32 Å². The summed E-state index contributed by atoms with van der Waals surface area (Å²) in [5.74, 6) is 0.149. The van der Waals surface area contributed by atoms with Crippen molar-refractivity contribution in [1.82, 2.24) is 9.78 Å². The number of aromatic amines is 1. The van der Waals surface area contributed by atoms with E-state index in [0.29, 0.717) is 50.6 Å². The van der Waals surface area contributed by atoms with E-state index in [2.05, 4.69) is 16.5 Å². The number of H-pyrrole nitrogens is 1. The number of fused-ring (bicyclic) bond motifs is 1. The number of carbonyl (C=O) groups excluding carboxylic acids is 1. The molecule has 1 aliphatic carbocycles. The number of allylic oxidation sites excluding steroid dienone is 2. The third-order valence-electron chi connectivity index (χ3n) is 6.59. The number of Topliss-reactive ketones (excluding diaryl/α,β-unsaturated/α-hetero) is 1. The summed E-state index contributed by atoms with van der Waals surface area (Å²) in [6, 6.07) is 16.3. The van der Waals surface area contributed by atoms with E-state index >= 15 is 0 Å². The van der Waals surface area contributed by atoms with Gasteiger partial charge in [-0.05, 0) is 53.8 Å². The van der Waals surface area contributed by atoms with Gasteiger partial charge in [0.15, 0.2) is 5.78 Å². The zero-order valence-corrected chi connectivity index (χ0v) is 21.2. The average Bonchev–Trinajstić information content (AvgIpc) is 3.49. The number of rotatable bonds is 3. The zero-order valence-electron chi connectivity index (χ0n) is 18.1. The number of thiophene rings is 1. The predicted molar refractivity (Wildman–Crippen MR) is 142 cm³/mol. The minimum atomic E-state index is -0.529. The minimum absolute atomic E-state index is 0.0377. The number of benzene rings is 2. The molecular formula is C26H18Cl3N3O2S. The second-order valence-corrected chi connectivity index (χ2v) is 10.9. The lowest BCUT2D eigenvalue weighted by atomic mass is 9.74. The van der Waals surface area contributed by atoms with Crippen LogP contribution >= 0.6 is 46.1 Å². The van der Waals surface area contributed by atoms with Gasteiger partial charge >= 0.3 is 0 Å². The molecule has 6 rings (SSSR count). The van der Waals surface area contributed by atoms with Gasteiger partial charge in [0.1, 0.15) is 5.82 Å². The molecule has 4 aromatic rings. The molecule has 2 atom stereocenters. The van der Waals surface area contributed by atoms with Crippen molar-refractivity contribution in [3.63, 3.8) is 0 Å². The van der Waals surface area contributed by atoms with Crippen LogP contribution in [0.4, 0.5) is 5.82 Å². The molecule has 2 aromatic carbocycles. The highest BCUT2D eigenvalue weighted by Crippen LogP contribution is 2.47. The van der Waals surface area contributed by atoms with Crippen LogP contribution < -0.4 is 10.9 Å². The standard InChI is InChI=1S/C26H18Cl3N3O2S/c27-15-5-3-13(4-6-15)22-23-18(10-14(11-20(23)33)21-2-1-9-35-21)30-25-24(22)26(34)32(31-25)19-12-16(28)7-8-17(19)29/h1-9,12,14,22,30-31H,10-11H2. The molecule has 9 heteroatoms. The van der Waals surface area contributed by atoms with Crippen LogP contribution in [-0.2, 0) is 4.79 Å². The van der Waals surface area contributed by atoms with Crippen molar-refractivity contribution in [1.29, 1.82) is 0 Å². The third kappa shape index (κ3) is 3.85. The lowest BCUT2D eigenvalue weighted by molar-refractivity contribution is -0.116. The monoisotopic (exact) mass is 541 g/mol. The molecule has 0 fully saturated rings. The summed E-state index contributed by atoms with van der Waals surface area (Å²) in [6.07, 6.45) is 1.08. The van der Waals surface area contributed by atoms with Crippen molar-refractivity contribution in [3.05, 3.63) is 113 Å². The van der Waals surface area contributed by atoms with Gasteiger partial charge in [0, 0.05) is 44.4 Å². The number of hydrogen-bond donors (Lipinski definition) is 2.